The van der Waals surface area contributed by atoms with E-state index in [1.165, 1.54) is 0 Å². The van der Waals surface area contributed by atoms with Gasteiger partial charge in [-0.15, -0.1) is 0 Å². The third-order valence-electron chi connectivity index (χ3n) is 1.17. The molecule has 1 rings (SSSR count). The molecule has 0 spiro atoms. The highest BCUT2D eigenvalue weighted by molar-refractivity contribution is 7.71. The summed E-state index contributed by atoms with van der Waals surface area (Å²) in [4.78, 5) is 5.18. The van der Waals surface area contributed by atoms with Gasteiger partial charge in [-0.1, -0.05) is 23.2 Å². The Hall–Kier alpha value is 0.01000. The molecule has 1 aromatic rings. The van der Waals surface area contributed by atoms with Gasteiger partial charge in [-0.25, -0.2) is 0 Å². The molecule has 0 aliphatic carbocycles. The highest BCUT2D eigenvalue weighted by Gasteiger charge is 2.07. The van der Waals surface area contributed by atoms with E-state index in [1.54, 1.807) is 0 Å². The van der Waals surface area contributed by atoms with Gasteiger partial charge in [0.1, 0.15) is 4.84 Å². The van der Waals surface area contributed by atoms with Crippen LogP contribution in [0.5, 0.6) is 0 Å². The Morgan fingerprint density at radius 2 is 2.00 bits per heavy atom. The number of alkyl halides is 2. The monoisotopic (exact) mass is 196 g/mol. The molecule has 1 heterocycles. The van der Waals surface area contributed by atoms with Gasteiger partial charge in [0.2, 0.25) is 0 Å². The molecule has 2 N–H and O–H groups in total. The highest BCUT2D eigenvalue weighted by Crippen LogP contribution is 2.24. The number of imidazole rings is 1. The van der Waals surface area contributed by atoms with Crippen molar-refractivity contribution in [1.29, 1.82) is 0 Å². The summed E-state index contributed by atoms with van der Waals surface area (Å²) in [5.41, 5.74) is 1.63. The number of halogens is 2. The fourth-order valence-electron chi connectivity index (χ4n) is 0.703. The zero-order valence-electron chi connectivity index (χ0n) is 5.24. The Morgan fingerprint density at radius 1 is 1.40 bits per heavy atom. The molecular weight excluding hydrogens is 191 g/mol. The Labute approximate surface area is 73.6 Å². The highest BCUT2D eigenvalue weighted by atomic mass is 35.5. The molecule has 2 nitrogen and oxygen atoms in total. The molecule has 0 aromatic carbocycles. The Bertz CT molecular complexity index is 275. The number of aryl methyl sites for hydroxylation is 1. The van der Waals surface area contributed by atoms with Crippen LogP contribution in [0.25, 0.3) is 0 Å². The average molecular weight is 197 g/mol. The lowest BCUT2D eigenvalue weighted by atomic mass is 10.4. The number of aromatic amines is 2. The van der Waals surface area contributed by atoms with E-state index in [0.717, 1.165) is 11.4 Å². The number of hydrogen-bond donors (Lipinski definition) is 2. The molecule has 0 bridgehead atoms. The Balaban J connectivity index is 3.15. The van der Waals surface area contributed by atoms with Crippen molar-refractivity contribution in [3.8, 4) is 0 Å². The van der Waals surface area contributed by atoms with Gasteiger partial charge >= 0.3 is 0 Å². The fraction of sp³-hybridized carbons (Fsp3) is 0.400. The van der Waals surface area contributed by atoms with E-state index < -0.39 is 4.84 Å². The van der Waals surface area contributed by atoms with Gasteiger partial charge in [0.05, 0.1) is 5.69 Å². The molecule has 56 valence electrons. The minimum Gasteiger partial charge on any atom is -0.335 e. The van der Waals surface area contributed by atoms with Crippen LogP contribution in [0.3, 0.4) is 0 Å². The largest absolute Gasteiger partial charge is 0.335 e. The van der Waals surface area contributed by atoms with Crippen LogP contribution < -0.4 is 0 Å². The van der Waals surface area contributed by atoms with Crippen LogP contribution in [-0.2, 0) is 0 Å². The fourth-order valence-corrected chi connectivity index (χ4v) is 1.40. The number of nitrogens with one attached hydrogen (secondary N) is 2. The molecule has 0 saturated carbocycles. The second kappa shape index (κ2) is 2.95. The van der Waals surface area contributed by atoms with E-state index in [-0.39, 0.29) is 0 Å². The van der Waals surface area contributed by atoms with E-state index in [2.05, 4.69) is 9.97 Å². The smallest absolute Gasteiger partial charge is 0.174 e. The zero-order chi connectivity index (χ0) is 7.72. The maximum atomic E-state index is 5.59. The lowest BCUT2D eigenvalue weighted by Crippen LogP contribution is -1.83. The topological polar surface area (TPSA) is 31.6 Å². The lowest BCUT2D eigenvalue weighted by molar-refractivity contribution is 1.15. The third-order valence-corrected chi connectivity index (χ3v) is 1.81. The van der Waals surface area contributed by atoms with Gasteiger partial charge in [0.25, 0.3) is 0 Å². The normalized spacial score (nSPS) is 10.8. The minimum absolute atomic E-state index is 0.534. The first-order chi connectivity index (χ1) is 4.61. The second-order valence-corrected chi connectivity index (χ2v) is 3.42. The summed E-state index contributed by atoms with van der Waals surface area (Å²) in [5.74, 6) is 0. The quantitative estimate of drug-likeness (QED) is 0.526. The first kappa shape index (κ1) is 8.11. The molecule has 0 atom stereocenters. The predicted octanol–water partition coefficient (Wildman–Crippen LogP) is 2.86. The SMILES string of the molecule is Cc1[nH]c(=S)[nH]c1C(Cl)Cl. The maximum absolute atomic E-state index is 5.59. The van der Waals surface area contributed by atoms with Gasteiger partial charge in [-0.2, -0.15) is 0 Å². The van der Waals surface area contributed by atoms with E-state index in [1.807, 2.05) is 6.92 Å². The number of aromatic nitrogens is 2. The van der Waals surface area contributed by atoms with Crippen LogP contribution in [0.2, 0.25) is 0 Å². The summed E-state index contributed by atoms with van der Waals surface area (Å²) in [5, 5.41) is 0. The average Bonchev–Trinajstić information content (AvgIpc) is 2.10. The van der Waals surface area contributed by atoms with Gasteiger partial charge in [-0.3, -0.25) is 0 Å². The molecule has 0 amide bonds. The van der Waals surface area contributed by atoms with Crippen molar-refractivity contribution >= 4 is 35.4 Å². The number of H-pyrrole nitrogens is 2. The number of hydrogen-bond acceptors (Lipinski definition) is 1. The van der Waals surface area contributed by atoms with Crippen molar-refractivity contribution in [3.63, 3.8) is 0 Å². The van der Waals surface area contributed by atoms with E-state index in [9.17, 15) is 0 Å². The molecule has 5 heteroatoms. The molecule has 0 aliphatic heterocycles. The molecule has 0 fully saturated rings. The molecule has 0 unspecified atom stereocenters. The standard InChI is InChI=1S/C5H6Cl2N2S/c1-2-3(4(6)7)9-5(10)8-2/h4H,1H3,(H2,8,9,10). The second-order valence-electron chi connectivity index (χ2n) is 1.92. The van der Waals surface area contributed by atoms with Crippen LogP contribution in [0, 0.1) is 11.7 Å². The van der Waals surface area contributed by atoms with Crippen molar-refractivity contribution in [2.75, 3.05) is 0 Å². The molecule has 0 saturated heterocycles. The van der Waals surface area contributed by atoms with E-state index in [0.29, 0.717) is 4.77 Å². The molecule has 10 heavy (non-hydrogen) atoms. The van der Waals surface area contributed by atoms with Gasteiger partial charge in [0.15, 0.2) is 4.77 Å². The summed E-state index contributed by atoms with van der Waals surface area (Å²) in [6, 6.07) is 0. The van der Waals surface area contributed by atoms with Crippen LogP contribution in [-0.4, -0.2) is 9.97 Å². The van der Waals surface area contributed by atoms with Gasteiger partial charge < -0.3 is 9.97 Å². The van der Waals surface area contributed by atoms with Crippen molar-refractivity contribution in [2.24, 2.45) is 0 Å². The number of rotatable bonds is 1. The molecular formula is C5H6Cl2N2S. The summed E-state index contributed by atoms with van der Waals surface area (Å²) in [7, 11) is 0. The first-order valence-electron chi connectivity index (χ1n) is 2.68. The van der Waals surface area contributed by atoms with Crippen molar-refractivity contribution < 1.29 is 0 Å². The van der Waals surface area contributed by atoms with Crippen LogP contribution in [0.1, 0.15) is 16.2 Å². The predicted molar refractivity (Wildman–Crippen MR) is 45.2 cm³/mol. The summed E-state index contributed by atoms with van der Waals surface area (Å²) < 4.78 is 0.554. The molecule has 0 radical (unpaired) electrons. The van der Waals surface area contributed by atoms with Crippen LogP contribution in [0.4, 0.5) is 0 Å². The molecule has 1 aromatic heterocycles. The van der Waals surface area contributed by atoms with Crippen molar-refractivity contribution in [3.05, 3.63) is 16.2 Å². The van der Waals surface area contributed by atoms with Crippen molar-refractivity contribution in [1.82, 2.24) is 9.97 Å². The maximum Gasteiger partial charge on any atom is 0.174 e. The third kappa shape index (κ3) is 1.54. The molecule has 0 aliphatic rings. The summed E-state index contributed by atoms with van der Waals surface area (Å²) >= 11 is 16.0. The van der Waals surface area contributed by atoms with Gasteiger partial charge in [0, 0.05) is 5.69 Å². The Morgan fingerprint density at radius 3 is 2.20 bits per heavy atom. The summed E-state index contributed by atoms with van der Waals surface area (Å²) in [6.45, 7) is 1.86. The first-order valence-corrected chi connectivity index (χ1v) is 3.96. The summed E-state index contributed by atoms with van der Waals surface area (Å²) in [6.07, 6.45) is 0. The van der Waals surface area contributed by atoms with Crippen molar-refractivity contribution in [2.45, 2.75) is 11.8 Å². The minimum atomic E-state index is -0.534. The Kier molecular flexibility index (Phi) is 2.39. The van der Waals surface area contributed by atoms with E-state index in [4.69, 9.17) is 35.4 Å². The van der Waals surface area contributed by atoms with Gasteiger partial charge in [-0.05, 0) is 19.1 Å². The lowest BCUT2D eigenvalue weighted by Gasteiger charge is -1.95. The van der Waals surface area contributed by atoms with Crippen LogP contribution >= 0.6 is 35.4 Å². The van der Waals surface area contributed by atoms with E-state index >= 15 is 0 Å². The van der Waals surface area contributed by atoms with Crippen LogP contribution in [0.15, 0.2) is 0 Å². The zero-order valence-corrected chi connectivity index (χ0v) is 7.57.